The lowest BCUT2D eigenvalue weighted by atomic mass is 10.1. The predicted octanol–water partition coefficient (Wildman–Crippen LogP) is 6.18. The number of rotatable bonds is 11. The van der Waals surface area contributed by atoms with Gasteiger partial charge in [0, 0.05) is 25.1 Å². The maximum absolute atomic E-state index is 12.4. The summed E-state index contributed by atoms with van der Waals surface area (Å²) in [5.74, 6) is 2.03. The van der Waals surface area contributed by atoms with Crippen LogP contribution in [-0.2, 0) is 13.0 Å². The van der Waals surface area contributed by atoms with E-state index in [9.17, 15) is 4.79 Å². The number of carbonyl (C=O) groups is 1. The molecule has 0 bridgehead atoms. The number of hydrogen-bond donors (Lipinski definition) is 1. The van der Waals surface area contributed by atoms with Crippen molar-refractivity contribution in [3.05, 3.63) is 94.8 Å². The Morgan fingerprint density at radius 3 is 2.60 bits per heavy atom. The smallest absolute Gasteiger partial charge is 0.251 e. The third-order valence-corrected chi connectivity index (χ3v) is 6.25. The number of aromatic nitrogens is 2. The Bertz CT molecular complexity index is 1290. The van der Waals surface area contributed by atoms with E-state index in [1.54, 1.807) is 0 Å². The molecule has 35 heavy (non-hydrogen) atoms. The topological polar surface area (TPSA) is 56.2 Å². The van der Waals surface area contributed by atoms with E-state index in [0.717, 1.165) is 54.9 Å². The van der Waals surface area contributed by atoms with Crippen LogP contribution in [0.2, 0.25) is 0 Å². The van der Waals surface area contributed by atoms with E-state index in [2.05, 4.69) is 60.1 Å². The average molecular weight is 470 g/mol. The first-order valence-electron chi connectivity index (χ1n) is 12.5. The Labute approximate surface area is 208 Å². The number of hydrogen-bond acceptors (Lipinski definition) is 3. The lowest BCUT2D eigenvalue weighted by Gasteiger charge is -2.12. The first-order valence-corrected chi connectivity index (χ1v) is 12.5. The molecular weight excluding hydrogens is 434 g/mol. The van der Waals surface area contributed by atoms with Gasteiger partial charge in [0.2, 0.25) is 0 Å². The fourth-order valence-electron chi connectivity index (χ4n) is 4.32. The van der Waals surface area contributed by atoms with Gasteiger partial charge >= 0.3 is 0 Å². The highest BCUT2D eigenvalue weighted by Gasteiger charge is 2.11. The predicted molar refractivity (Wildman–Crippen MR) is 142 cm³/mol. The lowest BCUT2D eigenvalue weighted by Crippen LogP contribution is -2.25. The lowest BCUT2D eigenvalue weighted by molar-refractivity contribution is 0.0953. The molecule has 0 radical (unpaired) electrons. The quantitative estimate of drug-likeness (QED) is 0.267. The van der Waals surface area contributed by atoms with Crippen LogP contribution < -0.4 is 10.1 Å². The van der Waals surface area contributed by atoms with Gasteiger partial charge in [-0.05, 0) is 81.5 Å². The van der Waals surface area contributed by atoms with E-state index in [1.807, 2.05) is 37.3 Å². The van der Waals surface area contributed by atoms with Gasteiger partial charge in [-0.25, -0.2) is 4.98 Å². The first kappa shape index (κ1) is 24.5. The molecule has 3 aromatic carbocycles. The normalized spacial score (nSPS) is 11.1. The molecular formula is C30H35N3O2. The van der Waals surface area contributed by atoms with Crippen LogP contribution in [0.1, 0.15) is 52.1 Å². The molecule has 0 fully saturated rings. The van der Waals surface area contributed by atoms with Crippen molar-refractivity contribution in [3.63, 3.8) is 0 Å². The number of carbonyl (C=O) groups excluding carboxylic acids is 1. The van der Waals surface area contributed by atoms with Crippen LogP contribution >= 0.6 is 0 Å². The van der Waals surface area contributed by atoms with Gasteiger partial charge in [0.05, 0.1) is 17.6 Å². The van der Waals surface area contributed by atoms with Gasteiger partial charge in [0.15, 0.2) is 0 Å². The highest BCUT2D eigenvalue weighted by atomic mass is 16.5. The third-order valence-electron chi connectivity index (χ3n) is 6.25. The first-order chi connectivity index (χ1) is 17.0. The Hall–Kier alpha value is -3.60. The number of nitrogens with zero attached hydrogens (tertiary/aromatic N) is 2. The Morgan fingerprint density at radius 2 is 1.74 bits per heavy atom. The number of fused-ring (bicyclic) bond motifs is 1. The molecule has 0 unspecified atom stereocenters. The van der Waals surface area contributed by atoms with E-state index < -0.39 is 0 Å². The molecule has 0 aliphatic rings. The van der Waals surface area contributed by atoms with E-state index in [4.69, 9.17) is 9.72 Å². The van der Waals surface area contributed by atoms with Gasteiger partial charge in [0.1, 0.15) is 11.6 Å². The summed E-state index contributed by atoms with van der Waals surface area (Å²) in [4.78, 5) is 17.3. The minimum atomic E-state index is -0.0222. The molecule has 4 aromatic rings. The fraction of sp³-hybridized carbons (Fsp3) is 0.333. The summed E-state index contributed by atoms with van der Waals surface area (Å²) < 4.78 is 8.36. The van der Waals surface area contributed by atoms with Crippen LogP contribution in [0.25, 0.3) is 11.0 Å². The SMILES string of the molecule is Cc1cccc(C(=O)NCCCc2nc3ccccc3n2CCCCOc2cc(C)ccc2C)c1. The molecule has 182 valence electrons. The Balaban J connectivity index is 1.30. The van der Waals surface area contributed by atoms with Gasteiger partial charge in [-0.2, -0.15) is 0 Å². The summed E-state index contributed by atoms with van der Waals surface area (Å²) in [6.07, 6.45) is 3.66. The van der Waals surface area contributed by atoms with E-state index >= 15 is 0 Å². The summed E-state index contributed by atoms with van der Waals surface area (Å²) >= 11 is 0. The largest absolute Gasteiger partial charge is 0.493 e. The van der Waals surface area contributed by atoms with Crippen molar-refractivity contribution in [2.24, 2.45) is 0 Å². The molecule has 1 aromatic heterocycles. The molecule has 1 amide bonds. The van der Waals surface area contributed by atoms with Gasteiger partial charge in [-0.3, -0.25) is 4.79 Å². The number of nitrogens with one attached hydrogen (secondary N) is 1. The van der Waals surface area contributed by atoms with Crippen molar-refractivity contribution < 1.29 is 9.53 Å². The number of amides is 1. The summed E-state index contributed by atoms with van der Waals surface area (Å²) in [5, 5.41) is 3.04. The summed E-state index contributed by atoms with van der Waals surface area (Å²) in [5.41, 5.74) is 6.38. The zero-order valence-electron chi connectivity index (χ0n) is 21.0. The molecule has 5 heteroatoms. The van der Waals surface area contributed by atoms with Gasteiger partial charge in [-0.15, -0.1) is 0 Å². The van der Waals surface area contributed by atoms with Crippen molar-refractivity contribution in [2.45, 2.75) is 53.0 Å². The zero-order valence-corrected chi connectivity index (χ0v) is 21.0. The van der Waals surface area contributed by atoms with E-state index in [1.165, 1.54) is 16.6 Å². The molecule has 0 aliphatic heterocycles. The number of unbranched alkanes of at least 4 members (excludes halogenated alkanes) is 1. The molecule has 1 heterocycles. The molecule has 1 N–H and O–H groups in total. The van der Waals surface area contributed by atoms with Gasteiger partial charge in [-0.1, -0.05) is 42.0 Å². The minimum Gasteiger partial charge on any atom is -0.493 e. The summed E-state index contributed by atoms with van der Waals surface area (Å²) in [6, 6.07) is 22.3. The second-order valence-electron chi connectivity index (χ2n) is 9.22. The molecule has 5 nitrogen and oxygen atoms in total. The second kappa shape index (κ2) is 11.7. The van der Waals surface area contributed by atoms with Crippen LogP contribution in [0.3, 0.4) is 0 Å². The van der Waals surface area contributed by atoms with Gasteiger partial charge in [0.25, 0.3) is 5.91 Å². The zero-order chi connectivity index (χ0) is 24.6. The molecule has 0 atom stereocenters. The van der Waals surface area contributed by atoms with Crippen LogP contribution in [0.5, 0.6) is 5.75 Å². The molecule has 4 rings (SSSR count). The van der Waals surface area contributed by atoms with Crippen molar-refractivity contribution in [1.82, 2.24) is 14.9 Å². The Morgan fingerprint density at radius 1 is 0.914 bits per heavy atom. The number of aryl methyl sites for hydroxylation is 5. The molecule has 0 spiro atoms. The highest BCUT2D eigenvalue weighted by Crippen LogP contribution is 2.20. The van der Waals surface area contributed by atoms with Crippen LogP contribution in [-0.4, -0.2) is 28.6 Å². The summed E-state index contributed by atoms with van der Waals surface area (Å²) in [7, 11) is 0. The third kappa shape index (κ3) is 6.50. The van der Waals surface area contributed by atoms with Crippen LogP contribution in [0.4, 0.5) is 0 Å². The van der Waals surface area contributed by atoms with Crippen LogP contribution in [0, 0.1) is 20.8 Å². The van der Waals surface area contributed by atoms with Crippen molar-refractivity contribution in [3.8, 4) is 5.75 Å². The number of para-hydroxylation sites is 2. The van der Waals surface area contributed by atoms with Crippen molar-refractivity contribution >= 4 is 16.9 Å². The maximum Gasteiger partial charge on any atom is 0.251 e. The van der Waals surface area contributed by atoms with E-state index in [0.29, 0.717) is 18.7 Å². The second-order valence-corrected chi connectivity index (χ2v) is 9.22. The van der Waals surface area contributed by atoms with Crippen molar-refractivity contribution in [1.29, 1.82) is 0 Å². The monoisotopic (exact) mass is 469 g/mol. The molecule has 0 saturated carbocycles. The molecule has 0 aliphatic carbocycles. The summed E-state index contributed by atoms with van der Waals surface area (Å²) in [6.45, 7) is 8.41. The highest BCUT2D eigenvalue weighted by molar-refractivity contribution is 5.94. The minimum absolute atomic E-state index is 0.0222. The van der Waals surface area contributed by atoms with Crippen LogP contribution in [0.15, 0.2) is 66.7 Å². The maximum atomic E-state index is 12.4. The average Bonchev–Trinajstić information content (AvgIpc) is 3.21. The molecule has 0 saturated heterocycles. The fourth-order valence-corrected chi connectivity index (χ4v) is 4.32. The standard InChI is InChI=1S/C30H35N3O2/c1-22-10-8-11-25(20-22)30(34)31-17-9-14-29-32-26-12-4-5-13-27(26)33(29)18-6-7-19-35-28-21-23(2)15-16-24(28)3/h4-5,8,10-13,15-16,20-21H,6-7,9,14,17-19H2,1-3H3,(H,31,34). The Kier molecular flexibility index (Phi) is 8.19. The number of imidazole rings is 1. The number of ether oxygens (including phenoxy) is 1. The number of benzene rings is 3. The van der Waals surface area contributed by atoms with Gasteiger partial charge < -0.3 is 14.6 Å². The van der Waals surface area contributed by atoms with E-state index in [-0.39, 0.29) is 5.91 Å². The van der Waals surface area contributed by atoms with Crippen molar-refractivity contribution in [2.75, 3.05) is 13.2 Å².